The molecule has 1 aliphatic rings. The molecule has 0 spiro atoms. The lowest BCUT2D eigenvalue weighted by molar-refractivity contribution is 0.0853. The number of nitriles is 1. The van der Waals surface area contributed by atoms with Crippen LogP contribution in [0.1, 0.15) is 90.4 Å². The Bertz CT molecular complexity index is 2240. The Balaban J connectivity index is 1.37. The number of ketones is 1. The summed E-state index contributed by atoms with van der Waals surface area (Å²) in [5.41, 5.74) is 4.41. The van der Waals surface area contributed by atoms with Crippen LogP contribution in [0.3, 0.4) is 0 Å². The molecular weight excluding hydrogens is 667 g/mol. The average molecular weight is 710 g/mol. The maximum Gasteiger partial charge on any atom is 0.238 e. The van der Waals surface area contributed by atoms with Crippen molar-refractivity contribution in [3.63, 3.8) is 0 Å². The van der Waals surface area contributed by atoms with Gasteiger partial charge in [-0.1, -0.05) is 174 Å². The van der Waals surface area contributed by atoms with Crippen LogP contribution in [0.15, 0.2) is 160 Å². The quantitative estimate of drug-likeness (QED) is 0.0932. The molecule has 2 heterocycles. The maximum atomic E-state index is 13.4. The molecule has 0 saturated heterocycles. The van der Waals surface area contributed by atoms with E-state index >= 15 is 0 Å². The number of aryl methyl sites for hydroxylation is 1. The van der Waals surface area contributed by atoms with Gasteiger partial charge in [-0.2, -0.15) is 5.26 Å². The lowest BCUT2D eigenvalue weighted by atomic mass is 9.59. The third-order valence-corrected chi connectivity index (χ3v) is 10.3. The van der Waals surface area contributed by atoms with E-state index in [2.05, 4.69) is 96.2 Å². The Morgan fingerprint density at radius 3 is 1.74 bits per heavy atom. The van der Waals surface area contributed by atoms with Crippen LogP contribution in [-0.2, 0) is 24.0 Å². The van der Waals surface area contributed by atoms with Gasteiger partial charge in [-0.3, -0.25) is 4.79 Å². The van der Waals surface area contributed by atoms with Crippen LogP contribution in [0.25, 0.3) is 11.1 Å². The van der Waals surface area contributed by atoms with E-state index in [0.717, 1.165) is 57.6 Å². The van der Waals surface area contributed by atoms with Crippen molar-refractivity contribution in [3.05, 3.63) is 185 Å². The van der Waals surface area contributed by atoms with Crippen molar-refractivity contribution in [2.45, 2.75) is 64.6 Å². The molecule has 0 aliphatic carbocycles. The average Bonchev–Trinajstić information content (AvgIpc) is 3.84. The van der Waals surface area contributed by atoms with Crippen LogP contribution in [0, 0.1) is 16.7 Å². The van der Waals surface area contributed by atoms with E-state index < -0.39 is 16.5 Å². The summed E-state index contributed by atoms with van der Waals surface area (Å²) < 4.78 is 1.92. The Kier molecular flexibility index (Phi) is 9.98. The predicted octanol–water partition coefficient (Wildman–Crippen LogP) is 11.1. The molecule has 6 aromatic rings. The summed E-state index contributed by atoms with van der Waals surface area (Å²) in [7, 11) is 0. The normalized spacial score (nSPS) is 13.5. The van der Waals surface area contributed by atoms with Crippen LogP contribution >= 0.6 is 0 Å². The first-order chi connectivity index (χ1) is 26.2. The van der Waals surface area contributed by atoms with Crippen LogP contribution in [0.5, 0.6) is 0 Å². The molecule has 1 aromatic heterocycles. The Morgan fingerprint density at radius 2 is 1.24 bits per heavy atom. The highest BCUT2D eigenvalue weighted by Gasteiger charge is 2.60. The second kappa shape index (κ2) is 15.0. The predicted molar refractivity (Wildman–Crippen MR) is 211 cm³/mol. The lowest BCUT2D eigenvalue weighted by Gasteiger charge is -2.45. The maximum absolute atomic E-state index is 13.4. The fourth-order valence-corrected chi connectivity index (χ4v) is 7.65. The van der Waals surface area contributed by atoms with Gasteiger partial charge in [0.05, 0.1) is 12.0 Å². The van der Waals surface area contributed by atoms with Gasteiger partial charge in [0, 0.05) is 17.4 Å². The summed E-state index contributed by atoms with van der Waals surface area (Å²) in [4.78, 5) is 18.2. The van der Waals surface area contributed by atoms with E-state index in [1.165, 1.54) is 0 Å². The van der Waals surface area contributed by atoms with Gasteiger partial charge < -0.3 is 4.57 Å². The number of rotatable bonds is 12. The SMILES string of the molecule is CCCCc1nc(C(=O)C(C)(C)C)c(C#N)n1Cc1ccc(-c2ccccc2C2(C(c3ccccc3)(c3ccccc3)c3ccccc3)N=NN=N2)cc1. The molecule has 0 N–H and O–H groups in total. The third kappa shape index (κ3) is 6.26. The van der Waals surface area contributed by atoms with Gasteiger partial charge in [0.2, 0.25) is 5.66 Å². The lowest BCUT2D eigenvalue weighted by Crippen LogP contribution is -2.48. The molecule has 0 radical (unpaired) electrons. The second-order valence-electron chi connectivity index (χ2n) is 14.7. The first-order valence-electron chi connectivity index (χ1n) is 18.5. The fourth-order valence-electron chi connectivity index (χ4n) is 7.65. The van der Waals surface area contributed by atoms with E-state index in [0.29, 0.717) is 18.7 Å². The number of benzene rings is 5. The number of Topliss-reactive ketones (excluding diaryl/α,β-unsaturated/α-hetero) is 1. The van der Waals surface area contributed by atoms with E-state index in [1.54, 1.807) is 0 Å². The van der Waals surface area contributed by atoms with E-state index in [9.17, 15) is 10.1 Å². The van der Waals surface area contributed by atoms with Crippen LogP contribution in [-0.4, -0.2) is 15.3 Å². The summed E-state index contributed by atoms with van der Waals surface area (Å²) in [5, 5.41) is 28.8. The Morgan fingerprint density at radius 1 is 0.722 bits per heavy atom. The van der Waals surface area contributed by atoms with Gasteiger partial charge in [0.15, 0.2) is 11.5 Å². The van der Waals surface area contributed by atoms with Crippen LogP contribution < -0.4 is 0 Å². The summed E-state index contributed by atoms with van der Waals surface area (Å²) in [5.74, 6) is 0.628. The van der Waals surface area contributed by atoms with Gasteiger partial charge in [-0.25, -0.2) is 4.98 Å². The zero-order valence-electron chi connectivity index (χ0n) is 31.1. The number of hydrogen-bond acceptors (Lipinski definition) is 7. The van der Waals surface area contributed by atoms with Gasteiger partial charge in [0.25, 0.3) is 0 Å². The molecule has 54 heavy (non-hydrogen) atoms. The molecule has 0 unspecified atom stereocenters. The third-order valence-electron chi connectivity index (χ3n) is 10.3. The highest BCUT2D eigenvalue weighted by Crippen LogP contribution is 2.58. The number of nitrogens with zero attached hydrogens (tertiary/aromatic N) is 7. The molecule has 8 heteroatoms. The van der Waals surface area contributed by atoms with E-state index in [4.69, 9.17) is 15.2 Å². The van der Waals surface area contributed by atoms with Crippen molar-refractivity contribution in [1.29, 1.82) is 5.26 Å². The topological polar surface area (TPSA) is 108 Å². The number of aromatic nitrogens is 2. The largest absolute Gasteiger partial charge is 0.315 e. The zero-order chi connectivity index (χ0) is 37.8. The van der Waals surface area contributed by atoms with Gasteiger partial charge in [-0.05, 0) is 50.2 Å². The minimum absolute atomic E-state index is 0.129. The van der Waals surface area contributed by atoms with Crippen molar-refractivity contribution >= 4 is 5.78 Å². The minimum atomic E-state index is -1.31. The fraction of sp³-hybridized carbons (Fsp3) is 0.239. The number of imidazole rings is 1. The van der Waals surface area contributed by atoms with Gasteiger partial charge in [0.1, 0.15) is 17.6 Å². The number of hydrogen-bond donors (Lipinski definition) is 0. The molecule has 0 fully saturated rings. The highest BCUT2D eigenvalue weighted by molar-refractivity contribution is 6.00. The number of unbranched alkanes of at least 4 members (excludes halogenated alkanes) is 1. The minimum Gasteiger partial charge on any atom is -0.315 e. The molecule has 0 atom stereocenters. The second-order valence-corrected chi connectivity index (χ2v) is 14.7. The standard InChI is InChI=1S/C46H43N7O/c1-5-6-26-41-48-42(43(54)44(2,3)4)40(31-47)53(41)32-33-27-29-34(30-28-33)38-24-16-17-25-39(38)46(49-51-52-50-46)45(35-18-10-7-11-19-35,36-20-12-8-13-21-36)37-22-14-9-15-23-37/h7-25,27-30H,5-6,26,32H2,1-4H3. The van der Waals surface area contributed by atoms with Crippen molar-refractivity contribution in [1.82, 2.24) is 9.55 Å². The van der Waals surface area contributed by atoms with Gasteiger partial charge >= 0.3 is 0 Å². The molecule has 1 aliphatic heterocycles. The molecule has 0 amide bonds. The molecule has 8 nitrogen and oxygen atoms in total. The molecular formula is C46H43N7O. The van der Waals surface area contributed by atoms with Crippen LogP contribution in [0.4, 0.5) is 0 Å². The Hall–Kier alpha value is -6.33. The van der Waals surface area contributed by atoms with Crippen molar-refractivity contribution in [2.24, 2.45) is 26.1 Å². The van der Waals surface area contributed by atoms with Crippen LogP contribution in [0.2, 0.25) is 0 Å². The van der Waals surface area contributed by atoms with Crippen molar-refractivity contribution in [3.8, 4) is 17.2 Å². The van der Waals surface area contributed by atoms with E-state index in [1.807, 2.05) is 92.1 Å². The summed E-state index contributed by atoms with van der Waals surface area (Å²) >= 11 is 0. The molecule has 7 rings (SSSR count). The van der Waals surface area contributed by atoms with Crippen molar-refractivity contribution in [2.75, 3.05) is 0 Å². The highest BCUT2D eigenvalue weighted by atomic mass is 16.1. The zero-order valence-corrected chi connectivity index (χ0v) is 31.1. The first kappa shape index (κ1) is 36.0. The molecule has 268 valence electrons. The molecule has 0 bridgehead atoms. The summed E-state index contributed by atoms with van der Waals surface area (Å²) in [6.45, 7) is 8.12. The van der Waals surface area contributed by atoms with Crippen molar-refractivity contribution < 1.29 is 4.79 Å². The monoisotopic (exact) mass is 709 g/mol. The summed E-state index contributed by atoms with van der Waals surface area (Å²) in [6, 6.07) is 50.0. The summed E-state index contributed by atoms with van der Waals surface area (Å²) in [6.07, 6.45) is 2.57. The number of carbonyl (C=O) groups excluding carboxylic acids is 1. The Labute approximate surface area is 317 Å². The number of carbonyl (C=O) groups is 1. The van der Waals surface area contributed by atoms with Gasteiger partial charge in [-0.15, -0.1) is 10.2 Å². The van der Waals surface area contributed by atoms with E-state index in [-0.39, 0.29) is 11.5 Å². The first-order valence-corrected chi connectivity index (χ1v) is 18.5. The molecule has 0 saturated carbocycles. The molecule has 5 aromatic carbocycles. The smallest absolute Gasteiger partial charge is 0.238 e.